The summed E-state index contributed by atoms with van der Waals surface area (Å²) in [6, 6.07) is 0. The second-order valence-electron chi connectivity index (χ2n) is 13.5. The second kappa shape index (κ2) is 9.40. The lowest BCUT2D eigenvalue weighted by molar-refractivity contribution is -0.203. The van der Waals surface area contributed by atoms with Gasteiger partial charge in [-0.15, -0.1) is 0 Å². The number of alkyl halides is 1. The van der Waals surface area contributed by atoms with E-state index < -0.39 is 17.8 Å². The summed E-state index contributed by atoms with van der Waals surface area (Å²) < 4.78 is 0. The zero-order valence-corrected chi connectivity index (χ0v) is 23.9. The van der Waals surface area contributed by atoms with Gasteiger partial charge in [-0.25, -0.2) is 0 Å². The Kier molecular flexibility index (Phi) is 7.49. The first-order chi connectivity index (χ1) is 15.8. The van der Waals surface area contributed by atoms with Crippen LogP contribution < -0.4 is 0 Å². The predicted octanol–water partition coefficient (Wildman–Crippen LogP) is 5.74. The van der Waals surface area contributed by atoms with Crippen LogP contribution in [0.25, 0.3) is 0 Å². The maximum atomic E-state index is 13.5. The van der Waals surface area contributed by atoms with Crippen molar-refractivity contribution in [3.63, 3.8) is 0 Å². The molecular weight excluding hydrogens is 492 g/mol. The van der Waals surface area contributed by atoms with Gasteiger partial charge in [-0.3, -0.25) is 4.79 Å². The van der Waals surface area contributed by atoms with Crippen LogP contribution in [0.4, 0.5) is 0 Å². The largest absolute Gasteiger partial charge is 0.390 e. The minimum absolute atomic E-state index is 0.0324. The van der Waals surface area contributed by atoms with Crippen molar-refractivity contribution in [1.29, 1.82) is 0 Å². The van der Waals surface area contributed by atoms with Gasteiger partial charge in [0, 0.05) is 16.7 Å². The van der Waals surface area contributed by atoms with E-state index in [4.69, 9.17) is 0 Å². The maximum absolute atomic E-state index is 13.5. The van der Waals surface area contributed by atoms with Crippen molar-refractivity contribution >= 4 is 21.7 Å². The molecule has 4 aliphatic rings. The number of rotatable bonds is 6. The molecular formula is C29H49BrO4. The molecule has 196 valence electrons. The van der Waals surface area contributed by atoms with Gasteiger partial charge in [0.05, 0.1) is 12.2 Å². The molecule has 3 N–H and O–H groups in total. The topological polar surface area (TPSA) is 77.8 Å². The highest BCUT2D eigenvalue weighted by Crippen LogP contribution is 2.68. The summed E-state index contributed by atoms with van der Waals surface area (Å²) in [5, 5.41) is 34.0. The number of aliphatic hydroxyl groups is 3. The molecule has 4 rings (SSSR count). The third-order valence-corrected chi connectivity index (χ3v) is 12.7. The minimum atomic E-state index is -1.19. The molecule has 4 aliphatic carbocycles. The first-order valence-corrected chi connectivity index (χ1v) is 15.0. The van der Waals surface area contributed by atoms with Crippen LogP contribution in [0.2, 0.25) is 0 Å². The molecule has 0 amide bonds. The fourth-order valence-electron chi connectivity index (χ4n) is 9.80. The quantitative estimate of drug-likeness (QED) is 0.375. The SMILES string of the molecule is CC[C@@H](C(C)C)C(O)C(O)[C@@H](C)[C@H]1CC[C@H]2[C@@H]3CC(=O)C4(O)CC(Br)CC[C@]4(C)[C@H]3CC[C@]12C. The van der Waals surface area contributed by atoms with Crippen LogP contribution in [0, 0.1) is 52.3 Å². The molecule has 0 bridgehead atoms. The van der Waals surface area contributed by atoms with Crippen LogP contribution >= 0.6 is 15.9 Å². The van der Waals surface area contributed by atoms with Gasteiger partial charge in [-0.2, -0.15) is 0 Å². The van der Waals surface area contributed by atoms with Gasteiger partial charge in [-0.05, 0) is 91.8 Å². The number of carbonyl (C=O) groups is 1. The van der Waals surface area contributed by atoms with Gasteiger partial charge >= 0.3 is 0 Å². The van der Waals surface area contributed by atoms with E-state index in [0.29, 0.717) is 42.4 Å². The third-order valence-electron chi connectivity index (χ3n) is 11.9. The molecule has 0 spiro atoms. The van der Waals surface area contributed by atoms with Crippen molar-refractivity contribution in [2.24, 2.45) is 52.3 Å². The summed E-state index contributed by atoms with van der Waals surface area (Å²) >= 11 is 3.70. The lowest BCUT2D eigenvalue weighted by Gasteiger charge is -2.63. The Balaban J connectivity index is 1.57. The van der Waals surface area contributed by atoms with Crippen LogP contribution in [-0.4, -0.2) is 43.7 Å². The monoisotopic (exact) mass is 540 g/mol. The third kappa shape index (κ3) is 3.89. The zero-order valence-electron chi connectivity index (χ0n) is 22.3. The molecule has 0 saturated heterocycles. The van der Waals surface area contributed by atoms with Gasteiger partial charge in [-0.1, -0.05) is 63.9 Å². The molecule has 0 aromatic carbocycles. The molecule has 0 heterocycles. The molecule has 34 heavy (non-hydrogen) atoms. The van der Waals surface area contributed by atoms with Crippen molar-refractivity contribution in [3.8, 4) is 0 Å². The van der Waals surface area contributed by atoms with E-state index in [2.05, 4.69) is 57.5 Å². The van der Waals surface area contributed by atoms with Crippen molar-refractivity contribution in [1.82, 2.24) is 0 Å². The smallest absolute Gasteiger partial charge is 0.165 e. The van der Waals surface area contributed by atoms with E-state index >= 15 is 0 Å². The fraction of sp³-hybridized carbons (Fsp3) is 0.966. The van der Waals surface area contributed by atoms with Crippen molar-refractivity contribution in [3.05, 3.63) is 0 Å². The average molecular weight is 542 g/mol. The molecule has 4 saturated carbocycles. The Morgan fingerprint density at radius 2 is 1.68 bits per heavy atom. The van der Waals surface area contributed by atoms with Crippen molar-refractivity contribution in [2.45, 2.75) is 122 Å². The van der Waals surface area contributed by atoms with E-state index in [1.165, 1.54) is 0 Å². The van der Waals surface area contributed by atoms with E-state index in [0.717, 1.165) is 44.9 Å². The molecule has 4 nitrogen and oxygen atoms in total. The normalized spacial score (nSPS) is 48.0. The van der Waals surface area contributed by atoms with Gasteiger partial charge < -0.3 is 15.3 Å². The summed E-state index contributed by atoms with van der Waals surface area (Å²) in [7, 11) is 0. The molecule has 5 heteroatoms. The number of hydrogen-bond donors (Lipinski definition) is 3. The minimum Gasteiger partial charge on any atom is -0.390 e. The fourth-order valence-corrected chi connectivity index (χ4v) is 10.5. The van der Waals surface area contributed by atoms with Gasteiger partial charge in [0.15, 0.2) is 5.78 Å². The maximum Gasteiger partial charge on any atom is 0.165 e. The molecule has 0 aromatic heterocycles. The summed E-state index contributed by atoms with van der Waals surface area (Å²) in [4.78, 5) is 13.7. The van der Waals surface area contributed by atoms with Crippen LogP contribution in [0.5, 0.6) is 0 Å². The van der Waals surface area contributed by atoms with Gasteiger partial charge in [0.25, 0.3) is 0 Å². The van der Waals surface area contributed by atoms with Crippen LogP contribution in [0.1, 0.15) is 99.3 Å². The van der Waals surface area contributed by atoms with Gasteiger partial charge in [0.1, 0.15) is 5.60 Å². The average Bonchev–Trinajstić information content (AvgIpc) is 3.12. The number of aliphatic hydroxyl groups excluding tert-OH is 2. The van der Waals surface area contributed by atoms with Crippen molar-refractivity contribution in [2.75, 3.05) is 0 Å². The number of carbonyl (C=O) groups excluding carboxylic acids is 1. The van der Waals surface area contributed by atoms with E-state index in [1.807, 2.05) is 0 Å². The van der Waals surface area contributed by atoms with Crippen LogP contribution in [0.15, 0.2) is 0 Å². The molecule has 4 unspecified atom stereocenters. The zero-order chi connectivity index (χ0) is 25.2. The number of ketones is 1. The molecule has 0 aliphatic heterocycles. The lowest BCUT2D eigenvalue weighted by atomic mass is 9.43. The number of fused-ring (bicyclic) bond motifs is 5. The number of hydrogen-bond acceptors (Lipinski definition) is 4. The molecule has 12 atom stereocenters. The Labute approximate surface area is 215 Å². The molecule has 0 aromatic rings. The van der Waals surface area contributed by atoms with E-state index in [-0.39, 0.29) is 33.3 Å². The number of Topliss-reactive ketones (excluding diaryl/α,β-unsaturated/α-hetero) is 1. The lowest BCUT2D eigenvalue weighted by Crippen LogP contribution is -2.66. The highest BCUT2D eigenvalue weighted by molar-refractivity contribution is 9.09. The Hall–Kier alpha value is 0.0300. The Morgan fingerprint density at radius 1 is 1.00 bits per heavy atom. The van der Waals surface area contributed by atoms with Crippen LogP contribution in [0.3, 0.4) is 0 Å². The summed E-state index contributed by atoms with van der Waals surface area (Å²) in [5.74, 6) is 2.09. The summed E-state index contributed by atoms with van der Waals surface area (Å²) in [5.41, 5.74) is -1.44. The van der Waals surface area contributed by atoms with Crippen LogP contribution in [-0.2, 0) is 4.79 Å². The standard InChI is InChI=1S/C29H49BrO4/c1-7-19(16(2)3)26(33)25(32)17(4)21-8-9-22-20-14-24(31)29(34)15-18(30)10-13-28(29,6)23(20)11-12-27(21,22)5/h16-23,25-26,32-34H,7-15H2,1-6H3/t17-,18?,19-,20-,21+,22-,23-,25?,26?,27+,28+,29?/m0/s1. The Bertz CT molecular complexity index is 771. The number of halogens is 1. The summed E-state index contributed by atoms with van der Waals surface area (Å²) in [6.45, 7) is 13.1. The summed E-state index contributed by atoms with van der Waals surface area (Å²) in [6.07, 6.45) is 6.77. The highest BCUT2D eigenvalue weighted by Gasteiger charge is 2.67. The Morgan fingerprint density at radius 3 is 2.29 bits per heavy atom. The first-order valence-electron chi connectivity index (χ1n) is 14.1. The van der Waals surface area contributed by atoms with E-state index in [9.17, 15) is 20.1 Å². The second-order valence-corrected chi connectivity index (χ2v) is 14.8. The highest BCUT2D eigenvalue weighted by atomic mass is 79.9. The molecule has 4 fully saturated rings. The van der Waals surface area contributed by atoms with Crippen molar-refractivity contribution < 1.29 is 20.1 Å². The molecule has 0 radical (unpaired) electrons. The first kappa shape index (κ1) is 27.1. The predicted molar refractivity (Wildman–Crippen MR) is 140 cm³/mol. The van der Waals surface area contributed by atoms with E-state index in [1.54, 1.807) is 0 Å². The van der Waals surface area contributed by atoms with Gasteiger partial charge in [0.2, 0.25) is 0 Å².